The van der Waals surface area contributed by atoms with Gasteiger partial charge in [0.1, 0.15) is 11.5 Å². The quantitative estimate of drug-likeness (QED) is 0.531. The van der Waals surface area contributed by atoms with Crippen molar-refractivity contribution in [3.05, 3.63) is 76.0 Å². The second-order valence-corrected chi connectivity index (χ2v) is 9.62. The lowest BCUT2D eigenvalue weighted by Crippen LogP contribution is -2.50. The molecule has 2 aromatic carbocycles. The number of anilines is 1. The molecule has 32 heavy (non-hydrogen) atoms. The number of nitrogens with zero attached hydrogens (tertiary/aromatic N) is 2. The van der Waals surface area contributed by atoms with Crippen molar-refractivity contribution >= 4 is 40.5 Å². The van der Waals surface area contributed by atoms with E-state index in [0.717, 1.165) is 24.8 Å². The molecule has 3 aliphatic rings. The molecule has 7 heteroatoms. The molecule has 2 aliphatic carbocycles. The number of allylic oxidation sites excluding steroid dienone is 1. The summed E-state index contributed by atoms with van der Waals surface area (Å²) in [7, 11) is 0. The zero-order chi connectivity index (χ0) is 22.2. The van der Waals surface area contributed by atoms with Crippen LogP contribution in [0.5, 0.6) is 0 Å². The first-order valence-corrected chi connectivity index (χ1v) is 11.8. The number of halogens is 3. The van der Waals surface area contributed by atoms with Gasteiger partial charge in [0.2, 0.25) is 0 Å². The Morgan fingerprint density at radius 2 is 1.94 bits per heavy atom. The molecule has 4 unspecified atom stereocenters. The normalized spacial score (nSPS) is 26.7. The third-order valence-electron chi connectivity index (χ3n) is 6.79. The number of hydrogen-bond donors (Lipinski definition) is 1. The van der Waals surface area contributed by atoms with Crippen LogP contribution in [-0.2, 0) is 4.79 Å². The van der Waals surface area contributed by atoms with E-state index in [-0.39, 0.29) is 23.8 Å². The Labute approximate surface area is 197 Å². The maximum absolute atomic E-state index is 13.5. The molecule has 1 amide bonds. The van der Waals surface area contributed by atoms with E-state index in [4.69, 9.17) is 23.2 Å². The Morgan fingerprint density at radius 1 is 1.12 bits per heavy atom. The Bertz CT molecular complexity index is 1090. The van der Waals surface area contributed by atoms with Crippen LogP contribution in [0.4, 0.5) is 10.1 Å². The average molecular weight is 472 g/mol. The smallest absolute Gasteiger partial charge is 0.267 e. The van der Waals surface area contributed by atoms with Gasteiger partial charge in [-0.15, -0.1) is 0 Å². The molecule has 2 bridgehead atoms. The van der Waals surface area contributed by atoms with Gasteiger partial charge in [-0.05, 0) is 67.0 Å². The van der Waals surface area contributed by atoms with Gasteiger partial charge in [0, 0.05) is 17.5 Å². The fourth-order valence-electron chi connectivity index (χ4n) is 5.17. The summed E-state index contributed by atoms with van der Waals surface area (Å²) in [5, 5.41) is 10.7. The third-order valence-corrected chi connectivity index (χ3v) is 7.32. The predicted molar refractivity (Wildman–Crippen MR) is 127 cm³/mol. The molecule has 1 aliphatic heterocycles. The molecule has 0 saturated heterocycles. The Morgan fingerprint density at radius 3 is 2.69 bits per heavy atom. The Kier molecular flexibility index (Phi) is 5.95. The second kappa shape index (κ2) is 8.87. The van der Waals surface area contributed by atoms with Crippen LogP contribution >= 0.6 is 23.2 Å². The second-order valence-electron chi connectivity index (χ2n) is 8.78. The molecule has 1 fully saturated rings. The molecular weight excluding hydrogens is 448 g/mol. The molecular formula is C25H24Cl2FN3O. The lowest BCUT2D eigenvalue weighted by Gasteiger charge is -2.39. The number of fused-ring (bicyclic) bond motifs is 2. The zero-order valence-electron chi connectivity index (χ0n) is 17.5. The van der Waals surface area contributed by atoms with Crippen LogP contribution in [0.15, 0.2) is 59.7 Å². The van der Waals surface area contributed by atoms with Crippen LogP contribution in [0.1, 0.15) is 43.7 Å². The van der Waals surface area contributed by atoms with E-state index in [0.29, 0.717) is 39.7 Å². The van der Waals surface area contributed by atoms with E-state index in [1.807, 2.05) is 0 Å². The largest absolute Gasteiger partial charge is 0.347 e. The van der Waals surface area contributed by atoms with Crippen molar-refractivity contribution in [2.24, 2.45) is 16.9 Å². The van der Waals surface area contributed by atoms with Gasteiger partial charge < -0.3 is 5.32 Å². The first-order chi connectivity index (χ1) is 15.5. The minimum absolute atomic E-state index is 0.137. The van der Waals surface area contributed by atoms with Crippen molar-refractivity contribution in [3.8, 4) is 0 Å². The van der Waals surface area contributed by atoms with Crippen LogP contribution in [0.25, 0.3) is 0 Å². The van der Waals surface area contributed by atoms with Crippen LogP contribution in [0.3, 0.4) is 0 Å². The number of nitrogens with one attached hydrogen (secondary N) is 1. The standard InChI is InChI=1S/C25H24Cl2FN3O/c26-18-9-12-22(20(27)13-18)31-23(15-7-10-19(28)11-8-15)14-21(30-31)25(32)29-24-16-3-1-4-17(24)6-2-5-16/h1,3,7-13,16-17,23-24H,2,4-6,14H2,(H,29,32). The van der Waals surface area contributed by atoms with Gasteiger partial charge in [-0.3, -0.25) is 9.80 Å². The number of carbonyl (C=O) groups is 1. The zero-order valence-corrected chi connectivity index (χ0v) is 19.0. The molecule has 1 N–H and O–H groups in total. The van der Waals surface area contributed by atoms with E-state index in [1.165, 1.54) is 18.6 Å². The molecule has 5 rings (SSSR count). The lowest BCUT2D eigenvalue weighted by molar-refractivity contribution is -0.116. The summed E-state index contributed by atoms with van der Waals surface area (Å²) in [6, 6.07) is 11.4. The predicted octanol–water partition coefficient (Wildman–Crippen LogP) is 6.30. The molecule has 0 radical (unpaired) electrons. The number of hydrazone groups is 1. The number of hydrogen-bond acceptors (Lipinski definition) is 3. The molecule has 2 aromatic rings. The monoisotopic (exact) mass is 471 g/mol. The molecule has 166 valence electrons. The number of rotatable bonds is 4. The maximum atomic E-state index is 13.5. The van der Waals surface area contributed by atoms with Crippen LogP contribution in [0.2, 0.25) is 10.0 Å². The van der Waals surface area contributed by atoms with Crippen molar-refractivity contribution < 1.29 is 9.18 Å². The molecule has 0 aromatic heterocycles. The minimum Gasteiger partial charge on any atom is -0.347 e. The molecule has 4 nitrogen and oxygen atoms in total. The fourth-order valence-corrected chi connectivity index (χ4v) is 5.67. The van der Waals surface area contributed by atoms with Gasteiger partial charge in [-0.1, -0.05) is 53.9 Å². The number of carbonyl (C=O) groups excluding carboxylic acids is 1. The first-order valence-electron chi connectivity index (χ1n) is 11.0. The number of benzene rings is 2. The van der Waals surface area contributed by atoms with Gasteiger partial charge >= 0.3 is 0 Å². The highest BCUT2D eigenvalue weighted by molar-refractivity contribution is 6.40. The van der Waals surface area contributed by atoms with E-state index in [2.05, 4.69) is 22.6 Å². The summed E-state index contributed by atoms with van der Waals surface area (Å²) in [6.07, 6.45) is 9.38. The van der Waals surface area contributed by atoms with Crippen molar-refractivity contribution in [2.75, 3.05) is 5.01 Å². The van der Waals surface area contributed by atoms with Crippen LogP contribution < -0.4 is 10.3 Å². The SMILES string of the molecule is O=C(NC1C2C=CCC1CCC2)C1=NN(c2ccc(Cl)cc2Cl)C(c2ccc(F)cc2)C1. The Balaban J connectivity index is 1.44. The van der Waals surface area contributed by atoms with E-state index >= 15 is 0 Å². The van der Waals surface area contributed by atoms with Crippen molar-refractivity contribution in [3.63, 3.8) is 0 Å². The Hall–Kier alpha value is -2.37. The van der Waals surface area contributed by atoms with Crippen LogP contribution in [0, 0.1) is 17.7 Å². The molecule has 1 heterocycles. The van der Waals surface area contributed by atoms with Crippen molar-refractivity contribution in [1.29, 1.82) is 0 Å². The van der Waals surface area contributed by atoms with Gasteiger partial charge in [-0.2, -0.15) is 5.10 Å². The van der Waals surface area contributed by atoms with E-state index < -0.39 is 0 Å². The highest BCUT2D eigenvalue weighted by Crippen LogP contribution is 2.40. The highest BCUT2D eigenvalue weighted by Gasteiger charge is 2.38. The summed E-state index contributed by atoms with van der Waals surface area (Å²) in [4.78, 5) is 13.3. The summed E-state index contributed by atoms with van der Waals surface area (Å²) >= 11 is 12.6. The highest BCUT2D eigenvalue weighted by atomic mass is 35.5. The average Bonchev–Trinajstić information content (AvgIpc) is 3.19. The van der Waals surface area contributed by atoms with E-state index in [9.17, 15) is 9.18 Å². The molecule has 0 spiro atoms. The molecule has 1 saturated carbocycles. The maximum Gasteiger partial charge on any atom is 0.267 e. The van der Waals surface area contributed by atoms with Gasteiger partial charge in [0.05, 0.1) is 16.8 Å². The van der Waals surface area contributed by atoms with Crippen molar-refractivity contribution in [1.82, 2.24) is 5.32 Å². The van der Waals surface area contributed by atoms with Gasteiger partial charge in [0.15, 0.2) is 0 Å². The number of amides is 1. The van der Waals surface area contributed by atoms with Crippen LogP contribution in [-0.4, -0.2) is 17.7 Å². The van der Waals surface area contributed by atoms with Crippen molar-refractivity contribution in [2.45, 2.75) is 44.2 Å². The minimum atomic E-state index is -0.307. The van der Waals surface area contributed by atoms with E-state index in [1.54, 1.807) is 35.3 Å². The summed E-state index contributed by atoms with van der Waals surface area (Å²) in [5.74, 6) is 0.433. The topological polar surface area (TPSA) is 44.7 Å². The van der Waals surface area contributed by atoms with Gasteiger partial charge in [0.25, 0.3) is 5.91 Å². The summed E-state index contributed by atoms with van der Waals surface area (Å²) in [6.45, 7) is 0. The van der Waals surface area contributed by atoms with Gasteiger partial charge in [-0.25, -0.2) is 4.39 Å². The summed E-state index contributed by atoms with van der Waals surface area (Å²) in [5.41, 5.74) is 1.98. The lowest BCUT2D eigenvalue weighted by atomic mass is 9.72. The molecule has 4 atom stereocenters. The summed E-state index contributed by atoms with van der Waals surface area (Å²) < 4.78 is 13.5. The third kappa shape index (κ3) is 4.16. The fraction of sp³-hybridized carbons (Fsp3) is 0.360. The first kappa shape index (κ1) is 21.5.